The van der Waals surface area contributed by atoms with Crippen molar-refractivity contribution in [2.75, 3.05) is 14.2 Å². The molecule has 1 aliphatic rings. The molecule has 0 radical (unpaired) electrons. The maximum absolute atomic E-state index is 5.37. The molecule has 0 bridgehead atoms. The summed E-state index contributed by atoms with van der Waals surface area (Å²) in [6, 6.07) is 40.2. The first-order valence-electron chi connectivity index (χ1n) is 15.9. The van der Waals surface area contributed by atoms with Crippen LogP contribution in [-0.4, -0.2) is 14.2 Å². The third-order valence-electron chi connectivity index (χ3n) is 9.24. The number of benzene rings is 4. The van der Waals surface area contributed by atoms with Crippen molar-refractivity contribution in [3.63, 3.8) is 0 Å². The average molecular weight is 627 g/mol. The van der Waals surface area contributed by atoms with Gasteiger partial charge in [-0.2, -0.15) is 0 Å². The molecule has 226 valence electrons. The molecule has 4 aromatic carbocycles. The van der Waals surface area contributed by atoms with Crippen LogP contribution in [0.15, 0.2) is 109 Å². The lowest BCUT2D eigenvalue weighted by Crippen LogP contribution is -2.25. The normalized spacial score (nSPS) is 13.0. The molecule has 4 heteroatoms. The number of ether oxygens (including phenoxy) is 2. The Morgan fingerprint density at radius 1 is 0.467 bits per heavy atom. The minimum absolute atomic E-state index is 0.0202. The molecule has 0 aliphatic heterocycles. The van der Waals surface area contributed by atoms with Gasteiger partial charge in [-0.25, -0.2) is 0 Å². The van der Waals surface area contributed by atoms with E-state index in [0.29, 0.717) is 0 Å². The zero-order chi connectivity index (χ0) is 31.0. The van der Waals surface area contributed by atoms with Gasteiger partial charge in [0.05, 0.1) is 14.2 Å². The lowest BCUT2D eigenvalue weighted by atomic mass is 9.71. The van der Waals surface area contributed by atoms with E-state index in [2.05, 4.69) is 98.8 Å². The Morgan fingerprint density at radius 3 is 1.18 bits per heavy atom. The van der Waals surface area contributed by atoms with Gasteiger partial charge in [0.15, 0.2) is 0 Å². The number of thiophene rings is 2. The Balaban J connectivity index is 1.26. The summed E-state index contributed by atoms with van der Waals surface area (Å²) >= 11 is 3.73. The summed E-state index contributed by atoms with van der Waals surface area (Å²) in [5.74, 6) is 1.77. The minimum atomic E-state index is 0.0202. The molecule has 7 rings (SSSR count). The minimum Gasteiger partial charge on any atom is -0.497 e. The van der Waals surface area contributed by atoms with Gasteiger partial charge in [-0.05, 0) is 142 Å². The van der Waals surface area contributed by atoms with Gasteiger partial charge in [0.2, 0.25) is 0 Å². The van der Waals surface area contributed by atoms with Crippen LogP contribution < -0.4 is 9.47 Å². The molecule has 0 spiro atoms. The molecular weight excluding hydrogens is 589 g/mol. The van der Waals surface area contributed by atoms with Crippen molar-refractivity contribution in [1.82, 2.24) is 0 Å². The van der Waals surface area contributed by atoms with Crippen LogP contribution in [0, 0.1) is 0 Å². The largest absolute Gasteiger partial charge is 0.497 e. The highest BCUT2D eigenvalue weighted by molar-refractivity contribution is 7.19. The summed E-state index contributed by atoms with van der Waals surface area (Å²) in [6.45, 7) is 4.67. The third kappa shape index (κ3) is 5.30. The fourth-order valence-corrected chi connectivity index (χ4v) is 9.14. The second kappa shape index (κ2) is 12.3. The second-order valence-electron chi connectivity index (χ2n) is 11.9. The Labute approximate surface area is 275 Å². The van der Waals surface area contributed by atoms with Gasteiger partial charge in [0.1, 0.15) is 11.5 Å². The quantitative estimate of drug-likeness (QED) is 0.151. The van der Waals surface area contributed by atoms with Crippen molar-refractivity contribution in [3.05, 3.63) is 120 Å². The van der Waals surface area contributed by atoms with Crippen molar-refractivity contribution >= 4 is 22.7 Å². The molecule has 2 heterocycles. The Hall–Kier alpha value is -4.12. The smallest absolute Gasteiger partial charge is 0.118 e. The fourth-order valence-electron chi connectivity index (χ4n) is 7.13. The first kappa shape index (κ1) is 29.6. The van der Waals surface area contributed by atoms with E-state index in [-0.39, 0.29) is 5.41 Å². The van der Waals surface area contributed by atoms with Crippen molar-refractivity contribution in [3.8, 4) is 64.4 Å². The van der Waals surface area contributed by atoms with Gasteiger partial charge in [0.25, 0.3) is 0 Å². The standard InChI is InChI=1S/C41H38O2S2/c1-5-23-41(24-6-2)35-25-29(39-21-19-37(44-39)27-7-13-31(42-3)14-8-27)11-17-33(35)34-18-12-30(26-36(34)41)40-22-20-38(45-40)28-9-15-32(43-4)16-10-28/h7-22,25-26H,5-6,23-24H2,1-4H3. The zero-order valence-electron chi connectivity index (χ0n) is 26.4. The van der Waals surface area contributed by atoms with Crippen LogP contribution in [-0.2, 0) is 5.41 Å². The Bertz CT molecular complexity index is 1800. The van der Waals surface area contributed by atoms with Crippen LogP contribution in [0.3, 0.4) is 0 Å². The van der Waals surface area contributed by atoms with E-state index < -0.39 is 0 Å². The number of rotatable bonds is 10. The molecule has 1 aliphatic carbocycles. The lowest BCUT2D eigenvalue weighted by molar-refractivity contribution is 0.415. The third-order valence-corrected chi connectivity index (χ3v) is 11.6. The van der Waals surface area contributed by atoms with E-state index in [1.165, 1.54) is 64.0 Å². The SMILES string of the molecule is CCCC1(CCC)c2cc(-c3ccc(-c4ccc(OC)cc4)s3)ccc2-c2ccc(-c3ccc(-c4ccc(OC)cc4)s3)cc21. The number of methoxy groups -OCH3 is 2. The first-order valence-corrected chi connectivity index (χ1v) is 17.5. The number of hydrogen-bond acceptors (Lipinski definition) is 4. The molecule has 0 atom stereocenters. The number of fused-ring (bicyclic) bond motifs is 3. The maximum Gasteiger partial charge on any atom is 0.118 e. The fraction of sp³-hybridized carbons (Fsp3) is 0.220. The molecule has 0 unspecified atom stereocenters. The summed E-state index contributed by atoms with van der Waals surface area (Å²) in [5.41, 5.74) is 10.9. The van der Waals surface area contributed by atoms with Gasteiger partial charge < -0.3 is 9.47 Å². The predicted molar refractivity (Wildman–Crippen MR) is 193 cm³/mol. The summed E-state index contributed by atoms with van der Waals surface area (Å²) in [4.78, 5) is 5.18. The van der Waals surface area contributed by atoms with Gasteiger partial charge >= 0.3 is 0 Å². The van der Waals surface area contributed by atoms with Crippen LogP contribution >= 0.6 is 22.7 Å². The van der Waals surface area contributed by atoms with Crippen LogP contribution in [0.4, 0.5) is 0 Å². The monoisotopic (exact) mass is 626 g/mol. The molecule has 2 nitrogen and oxygen atoms in total. The van der Waals surface area contributed by atoms with Crippen molar-refractivity contribution in [2.24, 2.45) is 0 Å². The highest BCUT2D eigenvalue weighted by Gasteiger charge is 2.42. The summed E-state index contributed by atoms with van der Waals surface area (Å²) < 4.78 is 10.7. The van der Waals surface area contributed by atoms with Crippen molar-refractivity contribution in [2.45, 2.75) is 44.9 Å². The number of hydrogen-bond donors (Lipinski definition) is 0. The summed E-state index contributed by atoms with van der Waals surface area (Å²) in [5, 5.41) is 0. The van der Waals surface area contributed by atoms with E-state index in [4.69, 9.17) is 9.47 Å². The van der Waals surface area contributed by atoms with Gasteiger partial charge in [0, 0.05) is 24.9 Å². The van der Waals surface area contributed by atoms with E-state index in [1.54, 1.807) is 14.2 Å². The van der Waals surface area contributed by atoms with Gasteiger partial charge in [-0.1, -0.05) is 51.0 Å². The van der Waals surface area contributed by atoms with Crippen LogP contribution in [0.5, 0.6) is 11.5 Å². The lowest BCUT2D eigenvalue weighted by Gasteiger charge is -2.32. The van der Waals surface area contributed by atoms with E-state index in [1.807, 2.05) is 46.9 Å². The molecule has 2 aromatic heterocycles. The van der Waals surface area contributed by atoms with E-state index >= 15 is 0 Å². The molecular formula is C41H38O2S2. The molecule has 0 N–H and O–H groups in total. The Morgan fingerprint density at radius 2 is 0.822 bits per heavy atom. The molecule has 6 aromatic rings. The summed E-state index contributed by atoms with van der Waals surface area (Å²) in [7, 11) is 3.43. The summed E-state index contributed by atoms with van der Waals surface area (Å²) in [6.07, 6.45) is 4.59. The van der Waals surface area contributed by atoms with Gasteiger partial charge in [-0.3, -0.25) is 0 Å². The first-order chi connectivity index (χ1) is 22.1. The molecule has 0 fully saturated rings. The predicted octanol–water partition coefficient (Wildman–Crippen LogP) is 12.4. The van der Waals surface area contributed by atoms with Crippen LogP contribution in [0.1, 0.15) is 50.7 Å². The molecule has 0 saturated carbocycles. The van der Waals surface area contributed by atoms with Crippen molar-refractivity contribution in [1.29, 1.82) is 0 Å². The average Bonchev–Trinajstić information content (AvgIpc) is 3.84. The van der Waals surface area contributed by atoms with Crippen LogP contribution in [0.25, 0.3) is 52.9 Å². The molecule has 0 amide bonds. The molecule has 45 heavy (non-hydrogen) atoms. The zero-order valence-corrected chi connectivity index (χ0v) is 28.0. The maximum atomic E-state index is 5.37. The van der Waals surface area contributed by atoms with Crippen LogP contribution in [0.2, 0.25) is 0 Å². The molecule has 0 saturated heterocycles. The van der Waals surface area contributed by atoms with Crippen molar-refractivity contribution < 1.29 is 9.47 Å². The van der Waals surface area contributed by atoms with E-state index in [0.717, 1.165) is 37.2 Å². The van der Waals surface area contributed by atoms with E-state index in [9.17, 15) is 0 Å². The highest BCUT2D eigenvalue weighted by atomic mass is 32.1. The second-order valence-corrected chi connectivity index (χ2v) is 14.1. The van der Waals surface area contributed by atoms with Gasteiger partial charge in [-0.15, -0.1) is 22.7 Å². The Kier molecular flexibility index (Phi) is 8.12. The highest BCUT2D eigenvalue weighted by Crippen LogP contribution is 2.56. The topological polar surface area (TPSA) is 18.5 Å².